The summed E-state index contributed by atoms with van der Waals surface area (Å²) in [6.45, 7) is 3.58. The molecule has 0 bridgehead atoms. The van der Waals surface area contributed by atoms with Crippen LogP contribution in [0.25, 0.3) is 0 Å². The summed E-state index contributed by atoms with van der Waals surface area (Å²) in [5.74, 6) is 0.629. The van der Waals surface area contributed by atoms with Gasteiger partial charge in [-0.3, -0.25) is 9.89 Å². The number of rotatable bonds is 8. The summed E-state index contributed by atoms with van der Waals surface area (Å²) < 4.78 is 5.18. The molecule has 0 heterocycles. The van der Waals surface area contributed by atoms with E-state index in [1.165, 1.54) is 51.4 Å². The average molecular weight is 296 g/mol. The third-order valence-electron chi connectivity index (χ3n) is 4.52. The molecule has 2 saturated carbocycles. The molecule has 0 radical (unpaired) electrons. The SMILES string of the molecule is COCCN(CCN=C(N)NC1CCCCCC1)C1CC1. The number of ether oxygens (including phenoxy) is 1. The van der Waals surface area contributed by atoms with Crippen LogP contribution in [0.15, 0.2) is 4.99 Å². The van der Waals surface area contributed by atoms with Gasteiger partial charge < -0.3 is 15.8 Å². The quantitative estimate of drug-likeness (QED) is 0.407. The van der Waals surface area contributed by atoms with Crippen LogP contribution in [0.3, 0.4) is 0 Å². The molecule has 2 aliphatic rings. The van der Waals surface area contributed by atoms with Gasteiger partial charge in [-0.05, 0) is 25.7 Å². The first-order valence-electron chi connectivity index (χ1n) is 8.59. The van der Waals surface area contributed by atoms with Crippen LogP contribution in [-0.2, 0) is 4.74 Å². The van der Waals surface area contributed by atoms with Gasteiger partial charge in [0.05, 0.1) is 13.2 Å². The minimum atomic E-state index is 0.532. The van der Waals surface area contributed by atoms with Gasteiger partial charge in [-0.1, -0.05) is 25.7 Å². The first-order chi connectivity index (χ1) is 10.3. The molecular weight excluding hydrogens is 264 g/mol. The van der Waals surface area contributed by atoms with Crippen molar-refractivity contribution in [3.05, 3.63) is 0 Å². The zero-order valence-corrected chi connectivity index (χ0v) is 13.5. The molecule has 5 nitrogen and oxygen atoms in total. The Morgan fingerprint density at radius 3 is 2.48 bits per heavy atom. The summed E-state index contributed by atoms with van der Waals surface area (Å²) in [6.07, 6.45) is 10.5. The number of guanidine groups is 1. The lowest BCUT2D eigenvalue weighted by Crippen LogP contribution is -2.40. The van der Waals surface area contributed by atoms with Crippen molar-refractivity contribution in [3.8, 4) is 0 Å². The fourth-order valence-electron chi connectivity index (χ4n) is 3.10. The van der Waals surface area contributed by atoms with E-state index in [-0.39, 0.29) is 0 Å². The Labute approximate surface area is 129 Å². The standard InChI is InChI=1S/C16H32N4O/c1-21-13-12-20(15-8-9-15)11-10-18-16(17)19-14-6-4-2-3-5-7-14/h14-15H,2-13H2,1H3,(H3,17,18,19). The van der Waals surface area contributed by atoms with Crippen molar-refractivity contribution >= 4 is 5.96 Å². The van der Waals surface area contributed by atoms with Gasteiger partial charge in [0, 0.05) is 32.3 Å². The summed E-state index contributed by atoms with van der Waals surface area (Å²) in [5.41, 5.74) is 6.03. The van der Waals surface area contributed by atoms with Gasteiger partial charge in [-0.15, -0.1) is 0 Å². The van der Waals surface area contributed by atoms with Crippen LogP contribution in [0, 0.1) is 0 Å². The van der Waals surface area contributed by atoms with Gasteiger partial charge in [-0.25, -0.2) is 0 Å². The molecular formula is C16H32N4O. The van der Waals surface area contributed by atoms with E-state index in [0.29, 0.717) is 12.0 Å². The van der Waals surface area contributed by atoms with E-state index in [1.807, 2.05) is 0 Å². The van der Waals surface area contributed by atoms with E-state index in [2.05, 4.69) is 15.2 Å². The summed E-state index contributed by atoms with van der Waals surface area (Å²) in [4.78, 5) is 6.99. The maximum absolute atomic E-state index is 6.03. The third kappa shape index (κ3) is 6.66. The van der Waals surface area contributed by atoms with Crippen molar-refractivity contribution in [2.75, 3.05) is 33.4 Å². The highest BCUT2D eigenvalue weighted by molar-refractivity contribution is 5.78. The number of methoxy groups -OCH3 is 1. The molecule has 0 amide bonds. The fourth-order valence-corrected chi connectivity index (χ4v) is 3.10. The zero-order valence-electron chi connectivity index (χ0n) is 13.5. The first kappa shape index (κ1) is 16.6. The second kappa shape index (κ2) is 9.26. The second-order valence-electron chi connectivity index (χ2n) is 6.36. The Morgan fingerprint density at radius 1 is 1.14 bits per heavy atom. The van der Waals surface area contributed by atoms with Crippen molar-refractivity contribution in [1.29, 1.82) is 0 Å². The highest BCUT2D eigenvalue weighted by atomic mass is 16.5. The van der Waals surface area contributed by atoms with Gasteiger partial charge in [-0.2, -0.15) is 0 Å². The molecule has 0 aliphatic heterocycles. The number of aliphatic imine (C=N–C) groups is 1. The number of nitrogens with one attached hydrogen (secondary N) is 1. The van der Waals surface area contributed by atoms with Gasteiger partial charge >= 0.3 is 0 Å². The average Bonchev–Trinajstić information content (AvgIpc) is 3.30. The van der Waals surface area contributed by atoms with Gasteiger partial charge in [0.1, 0.15) is 0 Å². The molecule has 2 fully saturated rings. The normalized spacial score (nSPS) is 21.5. The minimum absolute atomic E-state index is 0.532. The Balaban J connectivity index is 1.66. The molecule has 21 heavy (non-hydrogen) atoms. The largest absolute Gasteiger partial charge is 0.383 e. The number of hydrogen-bond donors (Lipinski definition) is 2. The molecule has 122 valence electrons. The maximum Gasteiger partial charge on any atom is 0.188 e. The lowest BCUT2D eigenvalue weighted by molar-refractivity contribution is 0.145. The molecule has 2 aliphatic carbocycles. The third-order valence-corrected chi connectivity index (χ3v) is 4.52. The van der Waals surface area contributed by atoms with E-state index in [9.17, 15) is 0 Å². The van der Waals surface area contributed by atoms with E-state index in [1.54, 1.807) is 7.11 Å². The monoisotopic (exact) mass is 296 g/mol. The molecule has 5 heteroatoms. The van der Waals surface area contributed by atoms with Gasteiger partial charge in [0.2, 0.25) is 0 Å². The molecule has 0 aromatic rings. The van der Waals surface area contributed by atoms with Crippen molar-refractivity contribution in [1.82, 2.24) is 10.2 Å². The van der Waals surface area contributed by atoms with Crippen LogP contribution in [0.5, 0.6) is 0 Å². The highest BCUT2D eigenvalue weighted by Crippen LogP contribution is 2.26. The second-order valence-corrected chi connectivity index (χ2v) is 6.36. The molecule has 0 atom stereocenters. The maximum atomic E-state index is 6.03. The first-order valence-corrected chi connectivity index (χ1v) is 8.59. The lowest BCUT2D eigenvalue weighted by Gasteiger charge is -2.21. The lowest BCUT2D eigenvalue weighted by atomic mass is 10.1. The molecule has 2 rings (SSSR count). The Morgan fingerprint density at radius 2 is 1.86 bits per heavy atom. The zero-order chi connectivity index (χ0) is 14.9. The van der Waals surface area contributed by atoms with Crippen LogP contribution in [0.4, 0.5) is 0 Å². The van der Waals surface area contributed by atoms with E-state index >= 15 is 0 Å². The van der Waals surface area contributed by atoms with Crippen LogP contribution >= 0.6 is 0 Å². The van der Waals surface area contributed by atoms with E-state index in [0.717, 1.165) is 32.3 Å². The smallest absolute Gasteiger partial charge is 0.188 e. The number of nitrogens with zero attached hydrogens (tertiary/aromatic N) is 2. The minimum Gasteiger partial charge on any atom is -0.383 e. The van der Waals surface area contributed by atoms with Crippen molar-refractivity contribution in [3.63, 3.8) is 0 Å². The summed E-state index contributed by atoms with van der Waals surface area (Å²) in [6, 6.07) is 1.29. The Bertz CT molecular complexity index is 309. The summed E-state index contributed by atoms with van der Waals surface area (Å²) in [5, 5.41) is 3.41. The Kier molecular flexibility index (Phi) is 7.30. The molecule has 0 unspecified atom stereocenters. The van der Waals surface area contributed by atoms with Gasteiger partial charge in [0.25, 0.3) is 0 Å². The van der Waals surface area contributed by atoms with Crippen LogP contribution in [-0.4, -0.2) is 56.3 Å². The molecule has 3 N–H and O–H groups in total. The molecule has 0 saturated heterocycles. The number of hydrogen-bond acceptors (Lipinski definition) is 3. The topological polar surface area (TPSA) is 62.9 Å². The van der Waals surface area contributed by atoms with Gasteiger partial charge in [0.15, 0.2) is 5.96 Å². The predicted molar refractivity (Wildman–Crippen MR) is 87.6 cm³/mol. The highest BCUT2D eigenvalue weighted by Gasteiger charge is 2.28. The molecule has 0 aromatic carbocycles. The number of nitrogens with two attached hydrogens (primary N) is 1. The van der Waals surface area contributed by atoms with E-state index < -0.39 is 0 Å². The molecule has 0 spiro atoms. The summed E-state index contributed by atoms with van der Waals surface area (Å²) in [7, 11) is 1.76. The van der Waals surface area contributed by atoms with Crippen molar-refractivity contribution < 1.29 is 4.74 Å². The van der Waals surface area contributed by atoms with Crippen molar-refractivity contribution in [2.24, 2.45) is 10.7 Å². The molecule has 0 aromatic heterocycles. The van der Waals surface area contributed by atoms with Crippen LogP contribution in [0.1, 0.15) is 51.4 Å². The van der Waals surface area contributed by atoms with Crippen LogP contribution < -0.4 is 11.1 Å². The van der Waals surface area contributed by atoms with E-state index in [4.69, 9.17) is 10.5 Å². The Hall–Kier alpha value is -0.810. The van der Waals surface area contributed by atoms with Crippen LogP contribution in [0.2, 0.25) is 0 Å². The summed E-state index contributed by atoms with van der Waals surface area (Å²) >= 11 is 0. The van der Waals surface area contributed by atoms with Crippen molar-refractivity contribution in [2.45, 2.75) is 63.5 Å². The fraction of sp³-hybridized carbons (Fsp3) is 0.938. The predicted octanol–water partition coefficient (Wildman–Crippen LogP) is 1.72.